The van der Waals surface area contributed by atoms with Crippen LogP contribution in [0.15, 0.2) is 41.5 Å². The predicted molar refractivity (Wildman–Crippen MR) is 183 cm³/mol. The van der Waals surface area contributed by atoms with Crippen molar-refractivity contribution in [2.75, 3.05) is 11.9 Å². The summed E-state index contributed by atoms with van der Waals surface area (Å²) >= 11 is 0. The topological polar surface area (TPSA) is 179 Å². The van der Waals surface area contributed by atoms with Gasteiger partial charge in [0, 0.05) is 12.5 Å². The summed E-state index contributed by atoms with van der Waals surface area (Å²) in [6.45, 7) is 21.7. The number of amides is 1. The zero-order chi connectivity index (χ0) is 36.0. The van der Waals surface area contributed by atoms with E-state index in [4.69, 9.17) is 18.4 Å². The van der Waals surface area contributed by atoms with Crippen molar-refractivity contribution >= 4 is 45.6 Å². The van der Waals surface area contributed by atoms with Gasteiger partial charge in [-0.1, -0.05) is 59.7 Å². The molecular weight excluding hydrogens is 657 g/mol. The summed E-state index contributed by atoms with van der Waals surface area (Å²) in [6.07, 6.45) is -3.02. The SMILES string of the molecule is CC(=O)Nc1nc2c(ncn2C2OC(CO[Si](C)(C)C(C)(C)C)C(O[N+](=O)[O-])C2O[Si](C)(C)C(C)(C)C)c(=O)n1C(=O)c1ccccc1. The third kappa shape index (κ3) is 7.44. The Balaban J connectivity index is 1.89. The third-order valence-electron chi connectivity index (χ3n) is 9.53. The van der Waals surface area contributed by atoms with Crippen LogP contribution in [0, 0.1) is 10.1 Å². The number of anilines is 1. The molecule has 1 amide bonds. The van der Waals surface area contributed by atoms with Gasteiger partial charge in [0.15, 0.2) is 40.1 Å². The minimum Gasteiger partial charge on any atom is -0.414 e. The summed E-state index contributed by atoms with van der Waals surface area (Å²) in [6, 6.07) is 8.08. The van der Waals surface area contributed by atoms with Crippen molar-refractivity contribution in [3.63, 3.8) is 0 Å². The average molecular weight is 703 g/mol. The normalized spacial score (nSPS) is 20.6. The Hall–Kier alpha value is -3.78. The summed E-state index contributed by atoms with van der Waals surface area (Å²) in [5.74, 6) is -1.61. The lowest BCUT2D eigenvalue weighted by molar-refractivity contribution is -0.771. The fraction of sp³-hybridized carbons (Fsp3) is 0.581. The number of rotatable bonds is 10. The first-order chi connectivity index (χ1) is 22.1. The van der Waals surface area contributed by atoms with Gasteiger partial charge in [-0.05, 0) is 48.4 Å². The van der Waals surface area contributed by atoms with Gasteiger partial charge in [0.2, 0.25) is 11.9 Å². The molecule has 3 aromatic rings. The van der Waals surface area contributed by atoms with Crippen LogP contribution in [-0.2, 0) is 23.2 Å². The maximum atomic E-state index is 13.9. The molecule has 0 spiro atoms. The number of carbonyl (C=O) groups excluding carboxylic acids is 2. The zero-order valence-corrected chi connectivity index (χ0v) is 31.4. The molecule has 1 aliphatic heterocycles. The van der Waals surface area contributed by atoms with Crippen molar-refractivity contribution in [3.8, 4) is 0 Å². The van der Waals surface area contributed by atoms with Crippen LogP contribution in [0.3, 0.4) is 0 Å². The monoisotopic (exact) mass is 702 g/mol. The maximum Gasteiger partial charge on any atom is 0.294 e. The van der Waals surface area contributed by atoms with E-state index in [9.17, 15) is 24.5 Å². The van der Waals surface area contributed by atoms with Crippen LogP contribution in [0.25, 0.3) is 11.2 Å². The second kappa shape index (κ2) is 13.3. The fourth-order valence-corrected chi connectivity index (χ4v) is 7.04. The van der Waals surface area contributed by atoms with E-state index in [-0.39, 0.29) is 39.4 Å². The Morgan fingerprint density at radius 2 is 1.62 bits per heavy atom. The molecule has 3 heterocycles. The average Bonchev–Trinajstić information content (AvgIpc) is 3.51. The van der Waals surface area contributed by atoms with Gasteiger partial charge in [-0.15, -0.1) is 10.1 Å². The largest absolute Gasteiger partial charge is 0.414 e. The molecule has 1 N–H and O–H groups in total. The molecule has 2 aromatic heterocycles. The Labute approximate surface area is 281 Å². The van der Waals surface area contributed by atoms with Crippen LogP contribution in [-0.4, -0.2) is 77.6 Å². The second-order valence-electron chi connectivity index (χ2n) is 15.0. The number of aromatic nitrogens is 4. The lowest BCUT2D eigenvalue weighted by Gasteiger charge is -2.40. The van der Waals surface area contributed by atoms with Crippen molar-refractivity contribution in [2.24, 2.45) is 0 Å². The number of hydrogen-bond acceptors (Lipinski definition) is 11. The zero-order valence-electron chi connectivity index (χ0n) is 29.4. The molecular formula is C31H46N6O9Si2. The van der Waals surface area contributed by atoms with Gasteiger partial charge in [-0.2, -0.15) is 4.98 Å². The Kier molecular flexibility index (Phi) is 10.2. The fourth-order valence-electron chi connectivity index (χ4n) is 4.74. The Bertz CT molecular complexity index is 1740. The molecule has 4 atom stereocenters. The van der Waals surface area contributed by atoms with E-state index in [1.807, 2.05) is 33.9 Å². The Morgan fingerprint density at radius 3 is 2.17 bits per heavy atom. The molecule has 0 aliphatic carbocycles. The van der Waals surface area contributed by atoms with Crippen molar-refractivity contribution in [1.29, 1.82) is 0 Å². The number of hydrogen-bond donors (Lipinski definition) is 1. The van der Waals surface area contributed by atoms with E-state index in [2.05, 4.69) is 49.1 Å². The number of imidazole rings is 1. The molecule has 0 saturated carbocycles. The number of benzene rings is 1. The summed E-state index contributed by atoms with van der Waals surface area (Å²) in [4.78, 5) is 65.6. The van der Waals surface area contributed by atoms with E-state index < -0.39 is 63.6 Å². The van der Waals surface area contributed by atoms with Crippen molar-refractivity contribution in [3.05, 3.63) is 62.7 Å². The van der Waals surface area contributed by atoms with Gasteiger partial charge in [0.1, 0.15) is 12.2 Å². The van der Waals surface area contributed by atoms with Crippen LogP contribution in [0.5, 0.6) is 0 Å². The van der Waals surface area contributed by atoms with E-state index in [0.29, 0.717) is 0 Å². The summed E-state index contributed by atoms with van der Waals surface area (Å²) in [7, 11) is -4.98. The van der Waals surface area contributed by atoms with E-state index in [0.717, 1.165) is 4.57 Å². The predicted octanol–water partition coefficient (Wildman–Crippen LogP) is 5.13. The molecule has 1 saturated heterocycles. The van der Waals surface area contributed by atoms with Gasteiger partial charge < -0.3 is 18.4 Å². The van der Waals surface area contributed by atoms with Crippen molar-refractivity contribution in [2.45, 2.75) is 109 Å². The molecule has 17 heteroatoms. The van der Waals surface area contributed by atoms with Gasteiger partial charge >= 0.3 is 0 Å². The molecule has 48 heavy (non-hydrogen) atoms. The highest BCUT2D eigenvalue weighted by molar-refractivity contribution is 6.74. The maximum absolute atomic E-state index is 13.9. The highest BCUT2D eigenvalue weighted by atomic mass is 28.4. The highest BCUT2D eigenvalue weighted by Crippen LogP contribution is 2.44. The van der Waals surface area contributed by atoms with Gasteiger partial charge in [-0.3, -0.25) is 24.3 Å². The lowest BCUT2D eigenvalue weighted by atomic mass is 10.1. The number of nitrogens with one attached hydrogen (secondary N) is 1. The smallest absolute Gasteiger partial charge is 0.294 e. The van der Waals surface area contributed by atoms with E-state index in [1.54, 1.807) is 18.2 Å². The molecule has 4 rings (SSSR count). The first-order valence-electron chi connectivity index (χ1n) is 15.7. The lowest BCUT2D eigenvalue weighted by Crippen LogP contribution is -2.50. The number of nitrogens with zero attached hydrogens (tertiary/aromatic N) is 5. The summed E-state index contributed by atoms with van der Waals surface area (Å²) < 4.78 is 21.9. The Morgan fingerprint density at radius 1 is 1.02 bits per heavy atom. The van der Waals surface area contributed by atoms with Gasteiger partial charge in [-0.25, -0.2) is 9.55 Å². The van der Waals surface area contributed by atoms with Crippen molar-refractivity contribution in [1.82, 2.24) is 19.1 Å². The summed E-state index contributed by atoms with van der Waals surface area (Å²) in [5, 5.41) is 13.1. The van der Waals surface area contributed by atoms with Gasteiger partial charge in [0.25, 0.3) is 16.6 Å². The minimum absolute atomic E-state index is 0.0154. The highest BCUT2D eigenvalue weighted by Gasteiger charge is 2.54. The van der Waals surface area contributed by atoms with Crippen molar-refractivity contribution < 1.29 is 33.1 Å². The summed E-state index contributed by atoms with van der Waals surface area (Å²) in [5.41, 5.74) is -0.846. The standard InChI is InChI=1S/C31H46N6O9Si2/c1-19(38)33-29-34-25-22(27(40)36(29)26(39)20-15-13-12-14-16-20)32-18-35(25)28-24(46-48(10,11)31(5,6)7)23(45-37(41)42)21(44-28)17-43-47(8,9)30(2,3)4/h12-16,18,21,23-24,28H,17H2,1-11H3,(H,33,34,38). The number of carbonyl (C=O) groups is 2. The first kappa shape index (κ1) is 37.0. The van der Waals surface area contributed by atoms with Crippen LogP contribution in [0.2, 0.25) is 36.3 Å². The molecule has 0 radical (unpaired) electrons. The van der Waals surface area contributed by atoms with Gasteiger partial charge in [0.05, 0.1) is 12.9 Å². The van der Waals surface area contributed by atoms with Crippen LogP contribution in [0.4, 0.5) is 5.95 Å². The van der Waals surface area contributed by atoms with Crippen LogP contribution < -0.4 is 10.9 Å². The minimum atomic E-state index is -2.64. The molecule has 1 aromatic carbocycles. The molecule has 1 fully saturated rings. The first-order valence-corrected chi connectivity index (χ1v) is 21.5. The number of fused-ring (bicyclic) bond motifs is 1. The second-order valence-corrected chi connectivity index (χ2v) is 24.6. The molecule has 262 valence electrons. The quantitative estimate of drug-likeness (QED) is 0.168. The molecule has 4 unspecified atom stereocenters. The van der Waals surface area contributed by atoms with E-state index in [1.165, 1.54) is 30.0 Å². The molecule has 0 bridgehead atoms. The number of ether oxygens (including phenoxy) is 1. The van der Waals surface area contributed by atoms with E-state index >= 15 is 0 Å². The van der Waals surface area contributed by atoms with Crippen LogP contribution in [0.1, 0.15) is 65.1 Å². The third-order valence-corrected chi connectivity index (χ3v) is 18.5. The van der Waals surface area contributed by atoms with Crippen LogP contribution >= 0.6 is 0 Å². The molecule has 15 nitrogen and oxygen atoms in total. The molecule has 1 aliphatic rings.